The van der Waals surface area contributed by atoms with Crippen LogP contribution < -0.4 is 5.32 Å². The summed E-state index contributed by atoms with van der Waals surface area (Å²) >= 11 is 0. The number of amides is 4. The number of aryl methyl sites for hydroxylation is 1. The minimum absolute atomic E-state index is 0.0300. The van der Waals surface area contributed by atoms with Gasteiger partial charge in [0.25, 0.3) is 11.8 Å². The standard InChI is InChI=1S/C26H28FN3O4/c1-17-4-9-21-22(15-17)26(34)30(25(21)33)12-2-3-23(31)29-13-10-19(11-14-29)24(32)28-16-18-5-7-20(27)8-6-18/h4-9,15,19H,2-3,10-14,16H2,1H3,(H,28,32). The minimum atomic E-state index is -0.314. The Hall–Kier alpha value is -3.55. The topological polar surface area (TPSA) is 86.8 Å². The van der Waals surface area contributed by atoms with E-state index in [9.17, 15) is 23.6 Å². The second kappa shape index (κ2) is 10.2. The normalized spacial score (nSPS) is 16.1. The second-order valence-corrected chi connectivity index (χ2v) is 8.91. The third-order valence-electron chi connectivity index (χ3n) is 6.50. The fourth-order valence-corrected chi connectivity index (χ4v) is 4.48. The summed E-state index contributed by atoms with van der Waals surface area (Å²) in [4.78, 5) is 53.1. The van der Waals surface area contributed by atoms with Crippen molar-refractivity contribution in [2.24, 2.45) is 5.92 Å². The molecule has 0 saturated carbocycles. The minimum Gasteiger partial charge on any atom is -0.352 e. The summed E-state index contributed by atoms with van der Waals surface area (Å²) in [5.74, 6) is -1.17. The van der Waals surface area contributed by atoms with Crippen molar-refractivity contribution in [3.05, 3.63) is 70.5 Å². The highest BCUT2D eigenvalue weighted by atomic mass is 19.1. The molecule has 2 aliphatic rings. The number of nitrogens with zero attached hydrogens (tertiary/aromatic N) is 2. The average molecular weight is 466 g/mol. The fraction of sp³-hybridized carbons (Fsp3) is 0.385. The zero-order valence-corrected chi connectivity index (χ0v) is 19.2. The molecule has 1 N–H and O–H groups in total. The molecule has 0 atom stereocenters. The largest absolute Gasteiger partial charge is 0.352 e. The average Bonchev–Trinajstić information content (AvgIpc) is 3.07. The van der Waals surface area contributed by atoms with Crippen LogP contribution in [0.1, 0.15) is 57.5 Å². The van der Waals surface area contributed by atoms with E-state index in [0.29, 0.717) is 50.0 Å². The highest BCUT2D eigenvalue weighted by Crippen LogP contribution is 2.24. The number of piperidine rings is 1. The molecule has 0 spiro atoms. The Morgan fingerprint density at radius 2 is 1.68 bits per heavy atom. The molecule has 1 fully saturated rings. The third kappa shape index (κ3) is 5.16. The number of carbonyl (C=O) groups is 4. The van der Waals surface area contributed by atoms with E-state index >= 15 is 0 Å². The monoisotopic (exact) mass is 465 g/mol. The Kier molecular flexibility index (Phi) is 7.05. The van der Waals surface area contributed by atoms with Crippen molar-refractivity contribution in [3.8, 4) is 0 Å². The van der Waals surface area contributed by atoms with E-state index in [-0.39, 0.29) is 48.3 Å². The van der Waals surface area contributed by atoms with Gasteiger partial charge in [-0.2, -0.15) is 0 Å². The summed E-state index contributed by atoms with van der Waals surface area (Å²) in [6, 6.07) is 11.2. The van der Waals surface area contributed by atoms with Crippen LogP contribution in [0.4, 0.5) is 4.39 Å². The highest BCUT2D eigenvalue weighted by molar-refractivity contribution is 6.21. The predicted molar refractivity (Wildman–Crippen MR) is 123 cm³/mol. The van der Waals surface area contributed by atoms with Crippen molar-refractivity contribution < 1.29 is 23.6 Å². The molecule has 0 radical (unpaired) electrons. The zero-order valence-electron chi connectivity index (χ0n) is 19.2. The van der Waals surface area contributed by atoms with E-state index < -0.39 is 0 Å². The molecule has 0 unspecified atom stereocenters. The van der Waals surface area contributed by atoms with Crippen LogP contribution in [0.2, 0.25) is 0 Å². The SMILES string of the molecule is Cc1ccc2c(c1)C(=O)N(CCCC(=O)N1CCC(C(=O)NCc3ccc(F)cc3)CC1)C2=O. The first-order chi connectivity index (χ1) is 16.3. The van der Waals surface area contributed by atoms with Gasteiger partial charge in [0.05, 0.1) is 11.1 Å². The lowest BCUT2D eigenvalue weighted by Crippen LogP contribution is -2.43. The molecular weight excluding hydrogens is 437 g/mol. The summed E-state index contributed by atoms with van der Waals surface area (Å²) in [6.45, 7) is 3.42. The van der Waals surface area contributed by atoms with Gasteiger partial charge in [-0.3, -0.25) is 24.1 Å². The molecule has 2 aromatic rings. The number of hydrogen-bond acceptors (Lipinski definition) is 4. The number of imide groups is 1. The third-order valence-corrected chi connectivity index (χ3v) is 6.50. The number of halogens is 1. The number of rotatable bonds is 7. The quantitative estimate of drug-likeness (QED) is 0.637. The molecule has 2 aromatic carbocycles. The molecule has 4 rings (SSSR count). The van der Waals surface area contributed by atoms with E-state index in [1.54, 1.807) is 29.2 Å². The maximum Gasteiger partial charge on any atom is 0.261 e. The molecule has 2 aliphatic heterocycles. The second-order valence-electron chi connectivity index (χ2n) is 8.91. The van der Waals surface area contributed by atoms with E-state index in [1.807, 2.05) is 13.0 Å². The van der Waals surface area contributed by atoms with Gasteiger partial charge in [0.15, 0.2) is 0 Å². The first-order valence-corrected chi connectivity index (χ1v) is 11.6. The van der Waals surface area contributed by atoms with E-state index in [0.717, 1.165) is 11.1 Å². The molecule has 0 aromatic heterocycles. The molecular formula is C26H28FN3O4. The van der Waals surface area contributed by atoms with Gasteiger partial charge in [-0.15, -0.1) is 0 Å². The van der Waals surface area contributed by atoms with Crippen molar-refractivity contribution in [2.75, 3.05) is 19.6 Å². The molecule has 34 heavy (non-hydrogen) atoms. The lowest BCUT2D eigenvalue weighted by molar-refractivity contribution is -0.135. The number of fused-ring (bicyclic) bond motifs is 1. The van der Waals surface area contributed by atoms with Gasteiger partial charge in [-0.1, -0.05) is 23.8 Å². The number of benzene rings is 2. The number of hydrogen-bond donors (Lipinski definition) is 1. The Bertz CT molecular complexity index is 1110. The lowest BCUT2D eigenvalue weighted by atomic mass is 9.95. The van der Waals surface area contributed by atoms with Crippen molar-refractivity contribution in [1.82, 2.24) is 15.1 Å². The summed E-state index contributed by atoms with van der Waals surface area (Å²) in [5.41, 5.74) is 2.60. The number of likely N-dealkylation sites (tertiary alicyclic amines) is 1. The molecule has 1 saturated heterocycles. The maximum absolute atomic E-state index is 13.0. The smallest absolute Gasteiger partial charge is 0.261 e. The Labute approximate surface area is 197 Å². The molecule has 8 heteroatoms. The van der Waals surface area contributed by atoms with Crippen LogP contribution in [0.25, 0.3) is 0 Å². The Morgan fingerprint density at radius 3 is 2.38 bits per heavy atom. The van der Waals surface area contributed by atoms with Gasteiger partial charge >= 0.3 is 0 Å². The Balaban J connectivity index is 1.18. The molecule has 7 nitrogen and oxygen atoms in total. The van der Waals surface area contributed by atoms with Gasteiger partial charge < -0.3 is 10.2 Å². The molecule has 2 heterocycles. The van der Waals surface area contributed by atoms with Gasteiger partial charge in [0, 0.05) is 38.5 Å². The van der Waals surface area contributed by atoms with Crippen LogP contribution in [0.15, 0.2) is 42.5 Å². The van der Waals surface area contributed by atoms with E-state index in [2.05, 4.69) is 5.32 Å². The van der Waals surface area contributed by atoms with Crippen LogP contribution in [0, 0.1) is 18.7 Å². The Morgan fingerprint density at radius 1 is 1.00 bits per heavy atom. The van der Waals surface area contributed by atoms with Gasteiger partial charge in [0.1, 0.15) is 5.82 Å². The highest BCUT2D eigenvalue weighted by Gasteiger charge is 2.35. The first kappa shape index (κ1) is 23.6. The van der Waals surface area contributed by atoms with E-state index in [4.69, 9.17) is 0 Å². The van der Waals surface area contributed by atoms with Crippen molar-refractivity contribution in [1.29, 1.82) is 0 Å². The predicted octanol–water partition coefficient (Wildman–Crippen LogP) is 3.07. The van der Waals surface area contributed by atoms with Gasteiger partial charge in [-0.05, 0) is 56.0 Å². The summed E-state index contributed by atoms with van der Waals surface area (Å²) < 4.78 is 13.0. The number of carbonyl (C=O) groups excluding carboxylic acids is 4. The number of nitrogens with one attached hydrogen (secondary N) is 1. The summed E-state index contributed by atoms with van der Waals surface area (Å²) in [6.07, 6.45) is 1.81. The van der Waals surface area contributed by atoms with Gasteiger partial charge in [0.2, 0.25) is 11.8 Å². The van der Waals surface area contributed by atoms with Crippen molar-refractivity contribution in [2.45, 2.75) is 39.2 Å². The lowest BCUT2D eigenvalue weighted by Gasteiger charge is -2.31. The van der Waals surface area contributed by atoms with Crippen LogP contribution in [0.3, 0.4) is 0 Å². The van der Waals surface area contributed by atoms with Crippen molar-refractivity contribution in [3.63, 3.8) is 0 Å². The molecule has 4 amide bonds. The summed E-state index contributed by atoms with van der Waals surface area (Å²) in [7, 11) is 0. The molecule has 0 bridgehead atoms. The van der Waals surface area contributed by atoms with Crippen molar-refractivity contribution >= 4 is 23.6 Å². The summed E-state index contributed by atoms with van der Waals surface area (Å²) in [5, 5.41) is 2.88. The maximum atomic E-state index is 13.0. The van der Waals surface area contributed by atoms with Crippen LogP contribution in [-0.4, -0.2) is 53.1 Å². The van der Waals surface area contributed by atoms with Gasteiger partial charge in [-0.25, -0.2) is 4.39 Å². The fourth-order valence-electron chi connectivity index (χ4n) is 4.48. The van der Waals surface area contributed by atoms with Crippen LogP contribution in [0.5, 0.6) is 0 Å². The first-order valence-electron chi connectivity index (χ1n) is 11.6. The van der Waals surface area contributed by atoms with Crippen LogP contribution >= 0.6 is 0 Å². The zero-order chi connectivity index (χ0) is 24.2. The molecule has 178 valence electrons. The van der Waals surface area contributed by atoms with E-state index in [1.165, 1.54) is 17.0 Å². The molecule has 0 aliphatic carbocycles. The van der Waals surface area contributed by atoms with Crippen LogP contribution in [-0.2, 0) is 16.1 Å².